The van der Waals surface area contributed by atoms with Crippen molar-refractivity contribution in [2.75, 3.05) is 5.73 Å². The van der Waals surface area contributed by atoms with Crippen LogP contribution in [-0.2, 0) is 0 Å². The molecular formula is C18H21ClF2N2O. The van der Waals surface area contributed by atoms with Gasteiger partial charge in [-0.05, 0) is 29.7 Å². The molecule has 1 unspecified atom stereocenters. The summed E-state index contributed by atoms with van der Waals surface area (Å²) in [6.07, 6.45) is 0. The standard InChI is InChI=1S/C18H20F2N2O.ClH/c1-18(2,3)16(14-8-7-12(19)10-15(14)20)22-17(23)11-5-4-6-13(21)9-11;/h4-10,16H,21H2,1-3H3,(H,22,23);1H. The Labute approximate surface area is 146 Å². The van der Waals surface area contributed by atoms with E-state index in [1.807, 2.05) is 20.8 Å². The minimum atomic E-state index is -0.683. The topological polar surface area (TPSA) is 55.1 Å². The minimum Gasteiger partial charge on any atom is -0.399 e. The maximum absolute atomic E-state index is 14.1. The molecule has 2 aromatic rings. The van der Waals surface area contributed by atoms with E-state index in [1.54, 1.807) is 24.3 Å². The Hall–Kier alpha value is -2.14. The van der Waals surface area contributed by atoms with Crippen molar-refractivity contribution in [3.05, 3.63) is 65.2 Å². The molecule has 0 fully saturated rings. The van der Waals surface area contributed by atoms with Crippen LogP contribution in [0.5, 0.6) is 0 Å². The van der Waals surface area contributed by atoms with Gasteiger partial charge < -0.3 is 11.1 Å². The molecule has 0 aliphatic heterocycles. The number of hydrogen-bond acceptors (Lipinski definition) is 2. The van der Waals surface area contributed by atoms with Gasteiger partial charge in [-0.15, -0.1) is 12.4 Å². The van der Waals surface area contributed by atoms with E-state index in [0.29, 0.717) is 11.3 Å². The van der Waals surface area contributed by atoms with Gasteiger partial charge in [0.1, 0.15) is 11.6 Å². The Balaban J connectivity index is 0.00000288. The first-order valence-electron chi connectivity index (χ1n) is 7.30. The van der Waals surface area contributed by atoms with Crippen LogP contribution >= 0.6 is 12.4 Å². The normalized spacial score (nSPS) is 12.2. The molecule has 24 heavy (non-hydrogen) atoms. The van der Waals surface area contributed by atoms with Crippen molar-refractivity contribution in [1.82, 2.24) is 5.32 Å². The van der Waals surface area contributed by atoms with Gasteiger partial charge in [0.15, 0.2) is 0 Å². The predicted octanol–water partition coefficient (Wildman–Crippen LogP) is 4.49. The summed E-state index contributed by atoms with van der Waals surface area (Å²) in [7, 11) is 0. The van der Waals surface area contributed by atoms with E-state index in [-0.39, 0.29) is 23.9 Å². The van der Waals surface area contributed by atoms with Crippen molar-refractivity contribution in [2.24, 2.45) is 5.41 Å². The van der Waals surface area contributed by atoms with E-state index in [2.05, 4.69) is 5.32 Å². The van der Waals surface area contributed by atoms with Crippen molar-refractivity contribution in [3.63, 3.8) is 0 Å². The first-order chi connectivity index (χ1) is 10.7. The molecule has 1 amide bonds. The van der Waals surface area contributed by atoms with Gasteiger partial charge in [0.2, 0.25) is 0 Å². The van der Waals surface area contributed by atoms with Gasteiger partial charge in [0.05, 0.1) is 6.04 Å². The lowest BCUT2D eigenvalue weighted by Gasteiger charge is -2.32. The van der Waals surface area contributed by atoms with Crippen LogP contribution in [0.25, 0.3) is 0 Å². The molecule has 0 saturated carbocycles. The number of nitrogens with one attached hydrogen (secondary N) is 1. The molecule has 0 radical (unpaired) electrons. The molecule has 3 N–H and O–H groups in total. The second-order valence-corrected chi connectivity index (χ2v) is 6.56. The zero-order valence-corrected chi connectivity index (χ0v) is 14.6. The van der Waals surface area contributed by atoms with Gasteiger partial charge in [-0.25, -0.2) is 8.78 Å². The summed E-state index contributed by atoms with van der Waals surface area (Å²) in [6, 6.07) is 9.29. The first-order valence-corrected chi connectivity index (χ1v) is 7.30. The summed E-state index contributed by atoms with van der Waals surface area (Å²) < 4.78 is 27.3. The fraction of sp³-hybridized carbons (Fsp3) is 0.278. The molecule has 0 aromatic heterocycles. The van der Waals surface area contributed by atoms with Crippen molar-refractivity contribution >= 4 is 24.0 Å². The third-order valence-electron chi connectivity index (χ3n) is 3.56. The molecule has 0 aliphatic carbocycles. The molecule has 6 heteroatoms. The van der Waals surface area contributed by atoms with E-state index < -0.39 is 23.1 Å². The van der Waals surface area contributed by atoms with Crippen molar-refractivity contribution in [2.45, 2.75) is 26.8 Å². The first kappa shape index (κ1) is 19.9. The number of hydrogen-bond donors (Lipinski definition) is 2. The smallest absolute Gasteiger partial charge is 0.251 e. The molecule has 3 nitrogen and oxygen atoms in total. The Morgan fingerprint density at radius 3 is 2.33 bits per heavy atom. The Morgan fingerprint density at radius 1 is 1.12 bits per heavy atom. The summed E-state index contributed by atoms with van der Waals surface area (Å²) >= 11 is 0. The molecule has 2 aromatic carbocycles. The third-order valence-corrected chi connectivity index (χ3v) is 3.56. The summed E-state index contributed by atoms with van der Waals surface area (Å²) in [5.41, 5.74) is 6.33. The highest BCUT2D eigenvalue weighted by atomic mass is 35.5. The van der Waals surface area contributed by atoms with Crippen molar-refractivity contribution < 1.29 is 13.6 Å². The number of carbonyl (C=O) groups is 1. The van der Waals surface area contributed by atoms with Gasteiger partial charge >= 0.3 is 0 Å². The van der Waals surface area contributed by atoms with E-state index in [0.717, 1.165) is 6.07 Å². The van der Waals surface area contributed by atoms with Crippen LogP contribution in [0, 0.1) is 17.0 Å². The monoisotopic (exact) mass is 354 g/mol. The maximum atomic E-state index is 14.1. The van der Waals surface area contributed by atoms with Crippen LogP contribution < -0.4 is 11.1 Å². The molecule has 130 valence electrons. The SMILES string of the molecule is CC(C)(C)C(NC(=O)c1cccc(N)c1)c1ccc(F)cc1F.Cl. The summed E-state index contributed by atoms with van der Waals surface area (Å²) in [5, 5.41) is 2.82. The van der Waals surface area contributed by atoms with Gasteiger partial charge in [-0.3, -0.25) is 4.79 Å². The quantitative estimate of drug-likeness (QED) is 0.798. The van der Waals surface area contributed by atoms with Gasteiger partial charge in [0, 0.05) is 22.9 Å². The number of benzene rings is 2. The van der Waals surface area contributed by atoms with Gasteiger partial charge in [-0.1, -0.05) is 32.9 Å². The molecule has 0 saturated heterocycles. The number of carbonyl (C=O) groups excluding carboxylic acids is 1. The lowest BCUT2D eigenvalue weighted by atomic mass is 9.82. The number of nitrogen functional groups attached to an aromatic ring is 1. The fourth-order valence-corrected chi connectivity index (χ4v) is 2.39. The average molecular weight is 355 g/mol. The number of rotatable bonds is 3. The third kappa shape index (κ3) is 4.68. The Bertz CT molecular complexity index is 729. The van der Waals surface area contributed by atoms with Crippen LogP contribution in [0.3, 0.4) is 0 Å². The highest BCUT2D eigenvalue weighted by molar-refractivity contribution is 5.95. The number of anilines is 1. The van der Waals surface area contributed by atoms with Crippen molar-refractivity contribution in [1.29, 1.82) is 0 Å². The fourth-order valence-electron chi connectivity index (χ4n) is 2.39. The molecular weight excluding hydrogens is 334 g/mol. The molecule has 2 rings (SSSR count). The predicted molar refractivity (Wildman–Crippen MR) is 94.1 cm³/mol. The number of nitrogens with two attached hydrogens (primary N) is 1. The summed E-state index contributed by atoms with van der Waals surface area (Å²) in [6.45, 7) is 5.63. The molecule has 0 bridgehead atoms. The van der Waals surface area contributed by atoms with Crippen LogP contribution in [0.4, 0.5) is 14.5 Å². The minimum absolute atomic E-state index is 0. The van der Waals surface area contributed by atoms with Crippen LogP contribution in [0.15, 0.2) is 42.5 Å². The second-order valence-electron chi connectivity index (χ2n) is 6.56. The zero-order chi connectivity index (χ0) is 17.2. The summed E-state index contributed by atoms with van der Waals surface area (Å²) in [4.78, 5) is 12.4. The lowest BCUT2D eigenvalue weighted by Crippen LogP contribution is -2.37. The zero-order valence-electron chi connectivity index (χ0n) is 13.8. The van der Waals surface area contributed by atoms with Gasteiger partial charge in [-0.2, -0.15) is 0 Å². The Morgan fingerprint density at radius 2 is 1.79 bits per heavy atom. The van der Waals surface area contributed by atoms with E-state index in [1.165, 1.54) is 12.1 Å². The second kappa shape index (κ2) is 7.62. The lowest BCUT2D eigenvalue weighted by molar-refractivity contribution is 0.0900. The van der Waals surface area contributed by atoms with Crippen molar-refractivity contribution in [3.8, 4) is 0 Å². The number of amides is 1. The van der Waals surface area contributed by atoms with E-state index in [4.69, 9.17) is 5.73 Å². The molecule has 0 spiro atoms. The molecule has 1 atom stereocenters. The van der Waals surface area contributed by atoms with Gasteiger partial charge in [0.25, 0.3) is 5.91 Å². The molecule has 0 aliphatic rings. The Kier molecular flexibility index (Phi) is 6.32. The van der Waals surface area contributed by atoms with Crippen LogP contribution in [-0.4, -0.2) is 5.91 Å². The van der Waals surface area contributed by atoms with E-state index >= 15 is 0 Å². The van der Waals surface area contributed by atoms with E-state index in [9.17, 15) is 13.6 Å². The van der Waals surface area contributed by atoms with Crippen LogP contribution in [0.1, 0.15) is 42.7 Å². The largest absolute Gasteiger partial charge is 0.399 e. The highest BCUT2D eigenvalue weighted by Crippen LogP contribution is 2.34. The average Bonchev–Trinajstić information content (AvgIpc) is 2.44. The highest BCUT2D eigenvalue weighted by Gasteiger charge is 2.30. The molecule has 0 heterocycles. The summed E-state index contributed by atoms with van der Waals surface area (Å²) in [5.74, 6) is -1.69. The number of halogens is 3. The maximum Gasteiger partial charge on any atom is 0.251 e. The van der Waals surface area contributed by atoms with Crippen LogP contribution in [0.2, 0.25) is 0 Å².